The number of aromatic nitrogens is 2. The molecule has 19 heavy (non-hydrogen) atoms. The van der Waals surface area contributed by atoms with Gasteiger partial charge in [0.2, 0.25) is 10.0 Å². The van der Waals surface area contributed by atoms with Crippen LogP contribution in [-0.2, 0) is 17.1 Å². The molecule has 1 aliphatic rings. The molecule has 2 rings (SSSR count). The number of nitrogens with zero attached hydrogens (tertiary/aromatic N) is 3. The molecule has 1 saturated heterocycles. The summed E-state index contributed by atoms with van der Waals surface area (Å²) >= 11 is 0. The number of piperidine rings is 1. The molecule has 1 unspecified atom stereocenters. The summed E-state index contributed by atoms with van der Waals surface area (Å²) in [7, 11) is -1.65. The summed E-state index contributed by atoms with van der Waals surface area (Å²) in [6.45, 7) is 5.08. The van der Waals surface area contributed by atoms with E-state index in [9.17, 15) is 8.42 Å². The summed E-state index contributed by atoms with van der Waals surface area (Å²) in [6, 6.07) is 0. The second-order valence-corrected chi connectivity index (χ2v) is 6.97. The van der Waals surface area contributed by atoms with Gasteiger partial charge in [0.15, 0.2) is 0 Å². The quantitative estimate of drug-likeness (QED) is 0.852. The summed E-state index contributed by atoms with van der Waals surface area (Å²) in [5.41, 5.74) is 0. The molecule has 1 N–H and O–H groups in total. The molecule has 0 saturated carbocycles. The van der Waals surface area contributed by atoms with Gasteiger partial charge in [-0.05, 0) is 31.8 Å². The number of aryl methyl sites for hydroxylation is 1. The van der Waals surface area contributed by atoms with E-state index in [0.29, 0.717) is 23.9 Å². The number of hydrogen-bond acceptors (Lipinski definition) is 4. The van der Waals surface area contributed by atoms with Crippen LogP contribution in [0.15, 0.2) is 17.3 Å². The Hall–Kier alpha value is -0.920. The maximum absolute atomic E-state index is 12.5. The number of sulfonamides is 1. The van der Waals surface area contributed by atoms with Gasteiger partial charge in [0.05, 0.1) is 6.20 Å². The van der Waals surface area contributed by atoms with Crippen molar-refractivity contribution >= 4 is 10.0 Å². The zero-order valence-corrected chi connectivity index (χ0v) is 12.4. The maximum atomic E-state index is 12.5. The molecule has 0 aliphatic carbocycles. The van der Waals surface area contributed by atoms with Crippen LogP contribution in [0.3, 0.4) is 0 Å². The Morgan fingerprint density at radius 1 is 1.53 bits per heavy atom. The molecule has 1 atom stereocenters. The van der Waals surface area contributed by atoms with Crippen LogP contribution in [0, 0.1) is 5.92 Å². The van der Waals surface area contributed by atoms with Gasteiger partial charge in [0.1, 0.15) is 4.90 Å². The van der Waals surface area contributed by atoms with Gasteiger partial charge in [-0.25, -0.2) is 8.42 Å². The summed E-state index contributed by atoms with van der Waals surface area (Å²) < 4.78 is 28.1. The number of hydrogen-bond donors (Lipinski definition) is 1. The Labute approximate surface area is 114 Å². The van der Waals surface area contributed by atoms with E-state index < -0.39 is 10.0 Å². The first-order valence-corrected chi connectivity index (χ1v) is 8.17. The SMILES string of the molecule is CCNCC1CCCN(S(=O)(=O)c2cnn(C)c2)C1. The van der Waals surface area contributed by atoms with E-state index in [1.807, 2.05) is 0 Å². The monoisotopic (exact) mass is 286 g/mol. The minimum atomic E-state index is -3.38. The molecule has 1 aromatic rings. The average molecular weight is 286 g/mol. The van der Waals surface area contributed by atoms with E-state index >= 15 is 0 Å². The van der Waals surface area contributed by atoms with Gasteiger partial charge in [0.25, 0.3) is 0 Å². The van der Waals surface area contributed by atoms with Crippen LogP contribution in [0.2, 0.25) is 0 Å². The number of nitrogens with one attached hydrogen (secondary N) is 1. The van der Waals surface area contributed by atoms with Gasteiger partial charge in [-0.15, -0.1) is 0 Å². The molecule has 1 fully saturated rings. The second kappa shape index (κ2) is 6.02. The second-order valence-electron chi connectivity index (χ2n) is 5.03. The minimum absolute atomic E-state index is 0.291. The van der Waals surface area contributed by atoms with E-state index in [1.54, 1.807) is 17.5 Å². The first-order chi connectivity index (χ1) is 9.04. The third kappa shape index (κ3) is 3.34. The van der Waals surface area contributed by atoms with Crippen LogP contribution in [0.4, 0.5) is 0 Å². The van der Waals surface area contributed by atoms with Crippen molar-refractivity contribution in [1.29, 1.82) is 0 Å². The Morgan fingerprint density at radius 3 is 2.95 bits per heavy atom. The largest absolute Gasteiger partial charge is 0.317 e. The van der Waals surface area contributed by atoms with E-state index in [1.165, 1.54) is 10.9 Å². The van der Waals surface area contributed by atoms with E-state index in [2.05, 4.69) is 17.3 Å². The zero-order valence-electron chi connectivity index (χ0n) is 11.5. The summed E-state index contributed by atoms with van der Waals surface area (Å²) in [5, 5.41) is 7.24. The lowest BCUT2D eigenvalue weighted by molar-refractivity contribution is 0.261. The van der Waals surface area contributed by atoms with E-state index in [-0.39, 0.29) is 0 Å². The highest BCUT2D eigenvalue weighted by Gasteiger charge is 2.30. The lowest BCUT2D eigenvalue weighted by atomic mass is 10.00. The third-order valence-corrected chi connectivity index (χ3v) is 5.30. The molecule has 7 heteroatoms. The van der Waals surface area contributed by atoms with Crippen molar-refractivity contribution in [3.05, 3.63) is 12.4 Å². The molecule has 1 aliphatic heterocycles. The molecule has 0 spiro atoms. The normalized spacial score (nSPS) is 21.7. The standard InChI is InChI=1S/C12H22N4O2S/c1-3-13-7-11-5-4-6-16(9-11)19(17,18)12-8-14-15(2)10-12/h8,10-11,13H,3-7,9H2,1-2H3. The first kappa shape index (κ1) is 14.5. The Bertz CT molecular complexity index is 512. The maximum Gasteiger partial charge on any atom is 0.246 e. The van der Waals surface area contributed by atoms with Crippen LogP contribution in [0.1, 0.15) is 19.8 Å². The molecule has 0 radical (unpaired) electrons. The minimum Gasteiger partial charge on any atom is -0.317 e. The fourth-order valence-corrected chi connectivity index (χ4v) is 3.98. The molecule has 0 aromatic carbocycles. The predicted molar refractivity (Wildman–Crippen MR) is 73.2 cm³/mol. The molecular weight excluding hydrogens is 264 g/mol. The first-order valence-electron chi connectivity index (χ1n) is 6.73. The van der Waals surface area contributed by atoms with Crippen molar-refractivity contribution in [2.75, 3.05) is 26.2 Å². The highest BCUT2D eigenvalue weighted by molar-refractivity contribution is 7.89. The molecule has 1 aromatic heterocycles. The van der Waals surface area contributed by atoms with Crippen LogP contribution in [0.5, 0.6) is 0 Å². The van der Waals surface area contributed by atoms with Gasteiger partial charge in [-0.3, -0.25) is 4.68 Å². The van der Waals surface area contributed by atoms with Crippen LogP contribution >= 0.6 is 0 Å². The van der Waals surface area contributed by atoms with Gasteiger partial charge < -0.3 is 5.32 Å². The molecular formula is C12H22N4O2S. The van der Waals surface area contributed by atoms with Crippen LogP contribution in [-0.4, -0.2) is 48.7 Å². The van der Waals surface area contributed by atoms with E-state index in [4.69, 9.17) is 0 Å². The molecule has 6 nitrogen and oxygen atoms in total. The topological polar surface area (TPSA) is 67.2 Å². The summed E-state index contributed by atoms with van der Waals surface area (Å²) in [6.07, 6.45) is 4.99. The molecule has 0 bridgehead atoms. The van der Waals surface area contributed by atoms with Crippen molar-refractivity contribution in [3.63, 3.8) is 0 Å². The lowest BCUT2D eigenvalue weighted by Crippen LogP contribution is -2.42. The molecule has 0 amide bonds. The predicted octanol–water partition coefficient (Wildman–Crippen LogP) is 0.430. The smallest absolute Gasteiger partial charge is 0.246 e. The van der Waals surface area contributed by atoms with Gasteiger partial charge in [0, 0.05) is 26.3 Å². The van der Waals surface area contributed by atoms with Crippen molar-refractivity contribution in [1.82, 2.24) is 19.4 Å². The average Bonchev–Trinajstić information content (AvgIpc) is 2.84. The molecule has 108 valence electrons. The fraction of sp³-hybridized carbons (Fsp3) is 0.750. The van der Waals surface area contributed by atoms with Gasteiger partial charge in [-0.2, -0.15) is 9.40 Å². The third-order valence-electron chi connectivity index (χ3n) is 3.48. The zero-order chi connectivity index (χ0) is 13.9. The van der Waals surface area contributed by atoms with Crippen molar-refractivity contribution in [3.8, 4) is 0 Å². The van der Waals surface area contributed by atoms with Crippen molar-refractivity contribution < 1.29 is 8.42 Å². The van der Waals surface area contributed by atoms with Gasteiger partial charge >= 0.3 is 0 Å². The fourth-order valence-electron chi connectivity index (χ4n) is 2.44. The highest BCUT2D eigenvalue weighted by Crippen LogP contribution is 2.22. The summed E-state index contributed by atoms with van der Waals surface area (Å²) in [5.74, 6) is 0.403. The van der Waals surface area contributed by atoms with Crippen LogP contribution in [0.25, 0.3) is 0 Å². The Balaban J connectivity index is 2.08. The highest BCUT2D eigenvalue weighted by atomic mass is 32.2. The lowest BCUT2D eigenvalue weighted by Gasteiger charge is -2.31. The van der Waals surface area contributed by atoms with Crippen molar-refractivity contribution in [2.24, 2.45) is 13.0 Å². The molecule has 2 heterocycles. The number of rotatable bonds is 5. The van der Waals surface area contributed by atoms with Crippen LogP contribution < -0.4 is 5.32 Å². The Morgan fingerprint density at radius 2 is 2.32 bits per heavy atom. The Kier molecular flexibility index (Phi) is 4.59. The van der Waals surface area contributed by atoms with E-state index in [0.717, 1.165) is 25.9 Å². The van der Waals surface area contributed by atoms with Crippen molar-refractivity contribution in [2.45, 2.75) is 24.7 Å². The summed E-state index contributed by atoms with van der Waals surface area (Å²) in [4.78, 5) is 0.291. The van der Waals surface area contributed by atoms with Gasteiger partial charge in [-0.1, -0.05) is 6.92 Å².